The lowest BCUT2D eigenvalue weighted by Gasteiger charge is -2.20. The van der Waals surface area contributed by atoms with Gasteiger partial charge in [0.15, 0.2) is 0 Å². The fourth-order valence-corrected chi connectivity index (χ4v) is 2.59. The number of nitrogens with zero attached hydrogens (tertiary/aromatic N) is 1. The van der Waals surface area contributed by atoms with Crippen LogP contribution in [-0.2, 0) is 4.79 Å². The van der Waals surface area contributed by atoms with Gasteiger partial charge in [0.2, 0.25) is 0 Å². The highest BCUT2D eigenvalue weighted by molar-refractivity contribution is 6.07. The van der Waals surface area contributed by atoms with Crippen LogP contribution in [-0.4, -0.2) is 40.6 Å². The van der Waals surface area contributed by atoms with Gasteiger partial charge in [0.25, 0.3) is 5.91 Å². The van der Waals surface area contributed by atoms with E-state index in [0.29, 0.717) is 12.5 Å². The predicted octanol–water partition coefficient (Wildman–Crippen LogP) is 1.26. The Morgan fingerprint density at radius 3 is 2.56 bits per heavy atom. The second-order valence-corrected chi connectivity index (χ2v) is 5.50. The van der Waals surface area contributed by atoms with Crippen LogP contribution < -0.4 is 5.32 Å². The normalized spacial score (nSPS) is 27.8. The first-order valence-corrected chi connectivity index (χ1v) is 6.84. The van der Waals surface area contributed by atoms with Gasteiger partial charge >= 0.3 is 6.03 Å². The van der Waals surface area contributed by atoms with E-state index < -0.39 is 5.54 Å². The third-order valence-corrected chi connectivity index (χ3v) is 3.98. The Labute approximate surface area is 108 Å². The number of hydrogen-bond acceptors (Lipinski definition) is 3. The van der Waals surface area contributed by atoms with Gasteiger partial charge in [-0.25, -0.2) is 4.79 Å². The number of urea groups is 1. The molecule has 0 bridgehead atoms. The average Bonchev–Trinajstić information content (AvgIpc) is 3.14. The van der Waals surface area contributed by atoms with Gasteiger partial charge in [-0.05, 0) is 38.5 Å². The lowest BCUT2D eigenvalue weighted by Crippen LogP contribution is -2.46. The highest BCUT2D eigenvalue weighted by Gasteiger charge is 2.55. The number of nitrogens with one attached hydrogen (secondary N) is 1. The predicted molar refractivity (Wildman–Crippen MR) is 66.9 cm³/mol. The molecule has 1 atom stereocenters. The molecule has 3 amide bonds. The van der Waals surface area contributed by atoms with Gasteiger partial charge < -0.3 is 10.4 Å². The molecule has 102 valence electrons. The van der Waals surface area contributed by atoms with E-state index in [1.165, 1.54) is 4.90 Å². The molecular weight excluding hydrogens is 232 g/mol. The molecule has 1 saturated heterocycles. The van der Waals surface area contributed by atoms with Crippen molar-refractivity contribution in [1.29, 1.82) is 0 Å². The fraction of sp³-hybridized carbons (Fsp3) is 0.846. The van der Waals surface area contributed by atoms with E-state index in [2.05, 4.69) is 5.32 Å². The number of aliphatic hydroxyl groups is 1. The Hall–Kier alpha value is -1.10. The van der Waals surface area contributed by atoms with Crippen molar-refractivity contribution in [3.05, 3.63) is 0 Å². The minimum Gasteiger partial charge on any atom is -0.396 e. The van der Waals surface area contributed by atoms with Crippen LogP contribution in [0.2, 0.25) is 0 Å². The maximum atomic E-state index is 12.2. The summed E-state index contributed by atoms with van der Waals surface area (Å²) >= 11 is 0. The first-order valence-electron chi connectivity index (χ1n) is 6.84. The largest absolute Gasteiger partial charge is 0.396 e. The summed E-state index contributed by atoms with van der Waals surface area (Å²) in [5, 5.41) is 11.5. The number of unbranched alkanes of at least 4 members (excludes halogenated alkanes) is 3. The molecule has 2 aliphatic rings. The molecule has 1 heterocycles. The van der Waals surface area contributed by atoms with Crippen LogP contribution in [0.3, 0.4) is 0 Å². The van der Waals surface area contributed by atoms with Crippen molar-refractivity contribution in [1.82, 2.24) is 10.2 Å². The summed E-state index contributed by atoms with van der Waals surface area (Å²) in [5.74, 6) is 0.269. The van der Waals surface area contributed by atoms with Crippen molar-refractivity contribution in [2.24, 2.45) is 5.92 Å². The van der Waals surface area contributed by atoms with Crippen molar-refractivity contribution in [3.63, 3.8) is 0 Å². The summed E-state index contributed by atoms with van der Waals surface area (Å²) < 4.78 is 0. The van der Waals surface area contributed by atoms with Crippen molar-refractivity contribution in [2.75, 3.05) is 13.2 Å². The summed E-state index contributed by atoms with van der Waals surface area (Å²) in [4.78, 5) is 25.4. The molecular formula is C13H22N2O3. The van der Waals surface area contributed by atoms with Gasteiger partial charge in [-0.15, -0.1) is 0 Å². The Morgan fingerprint density at radius 2 is 1.94 bits per heavy atom. The highest BCUT2D eigenvalue weighted by atomic mass is 16.3. The summed E-state index contributed by atoms with van der Waals surface area (Å²) in [5.41, 5.74) is -0.651. The minimum absolute atomic E-state index is 0.0582. The molecule has 0 aromatic carbocycles. The number of imide groups is 1. The van der Waals surface area contributed by atoms with E-state index in [0.717, 1.165) is 38.5 Å². The summed E-state index contributed by atoms with van der Waals surface area (Å²) in [6, 6.07) is -0.239. The molecule has 2 rings (SSSR count). The average molecular weight is 254 g/mol. The van der Waals surface area contributed by atoms with Crippen LogP contribution in [0.5, 0.6) is 0 Å². The van der Waals surface area contributed by atoms with E-state index >= 15 is 0 Å². The second-order valence-electron chi connectivity index (χ2n) is 5.50. The zero-order valence-electron chi connectivity index (χ0n) is 10.9. The van der Waals surface area contributed by atoms with Crippen LogP contribution in [0.25, 0.3) is 0 Å². The Morgan fingerprint density at radius 1 is 1.28 bits per heavy atom. The number of aliphatic hydroxyl groups excluding tert-OH is 1. The molecule has 1 unspecified atom stereocenters. The standard InChI is InChI=1S/C13H22N2O3/c1-13(10-6-7-10)11(17)15(12(18)14-13)8-4-2-3-5-9-16/h10,16H,2-9H2,1H3,(H,14,18). The fourth-order valence-electron chi connectivity index (χ4n) is 2.59. The lowest BCUT2D eigenvalue weighted by molar-refractivity contribution is -0.131. The monoisotopic (exact) mass is 254 g/mol. The van der Waals surface area contributed by atoms with E-state index in [-0.39, 0.29) is 18.5 Å². The topological polar surface area (TPSA) is 69.6 Å². The third-order valence-electron chi connectivity index (χ3n) is 3.98. The quantitative estimate of drug-likeness (QED) is 0.531. The number of hydrogen-bond donors (Lipinski definition) is 2. The molecule has 5 nitrogen and oxygen atoms in total. The van der Waals surface area contributed by atoms with Crippen LogP contribution in [0, 0.1) is 5.92 Å². The zero-order valence-corrected chi connectivity index (χ0v) is 10.9. The third kappa shape index (κ3) is 2.51. The van der Waals surface area contributed by atoms with Crippen molar-refractivity contribution in [2.45, 2.75) is 51.0 Å². The Balaban J connectivity index is 1.82. The van der Waals surface area contributed by atoms with Gasteiger partial charge in [-0.3, -0.25) is 9.69 Å². The minimum atomic E-state index is -0.651. The van der Waals surface area contributed by atoms with Gasteiger partial charge in [0.1, 0.15) is 5.54 Å². The van der Waals surface area contributed by atoms with Gasteiger partial charge in [-0.2, -0.15) is 0 Å². The maximum absolute atomic E-state index is 12.2. The maximum Gasteiger partial charge on any atom is 0.325 e. The summed E-state index contributed by atoms with van der Waals surface area (Å²) in [6.45, 7) is 2.55. The number of carbonyl (C=O) groups is 2. The number of amides is 3. The van der Waals surface area contributed by atoms with E-state index in [1.807, 2.05) is 6.92 Å². The molecule has 1 aliphatic heterocycles. The van der Waals surface area contributed by atoms with Gasteiger partial charge in [-0.1, -0.05) is 12.8 Å². The van der Waals surface area contributed by atoms with Crippen LogP contribution >= 0.6 is 0 Å². The molecule has 1 saturated carbocycles. The smallest absolute Gasteiger partial charge is 0.325 e. The molecule has 18 heavy (non-hydrogen) atoms. The van der Waals surface area contributed by atoms with Gasteiger partial charge in [0.05, 0.1) is 0 Å². The first-order chi connectivity index (χ1) is 8.59. The SMILES string of the molecule is CC1(C2CC2)NC(=O)N(CCCCCCO)C1=O. The molecule has 0 aromatic heterocycles. The van der Waals surface area contributed by atoms with E-state index in [4.69, 9.17) is 5.11 Å². The van der Waals surface area contributed by atoms with Crippen LogP contribution in [0.1, 0.15) is 45.4 Å². The van der Waals surface area contributed by atoms with Crippen LogP contribution in [0.15, 0.2) is 0 Å². The Bertz CT molecular complexity index is 341. The molecule has 0 radical (unpaired) electrons. The molecule has 5 heteroatoms. The number of carbonyl (C=O) groups excluding carboxylic acids is 2. The molecule has 0 aromatic rings. The number of rotatable bonds is 7. The van der Waals surface area contributed by atoms with E-state index in [1.54, 1.807) is 0 Å². The van der Waals surface area contributed by atoms with Crippen molar-refractivity contribution >= 4 is 11.9 Å². The summed E-state index contributed by atoms with van der Waals surface area (Å²) in [7, 11) is 0. The highest BCUT2D eigenvalue weighted by Crippen LogP contribution is 2.42. The second kappa shape index (κ2) is 5.26. The Kier molecular flexibility index (Phi) is 3.90. The molecule has 0 spiro atoms. The molecule has 2 N–H and O–H groups in total. The first kappa shape index (κ1) is 13.3. The molecule has 1 aliphatic carbocycles. The van der Waals surface area contributed by atoms with Crippen molar-refractivity contribution < 1.29 is 14.7 Å². The zero-order chi connectivity index (χ0) is 13.2. The van der Waals surface area contributed by atoms with Gasteiger partial charge in [0, 0.05) is 13.2 Å². The molecule has 2 fully saturated rings. The van der Waals surface area contributed by atoms with Crippen molar-refractivity contribution in [3.8, 4) is 0 Å². The van der Waals surface area contributed by atoms with Crippen LogP contribution in [0.4, 0.5) is 4.79 Å². The lowest BCUT2D eigenvalue weighted by atomic mass is 9.96. The van der Waals surface area contributed by atoms with E-state index in [9.17, 15) is 9.59 Å². The summed E-state index contributed by atoms with van der Waals surface area (Å²) in [6.07, 6.45) is 5.57.